The molecule has 1 atom stereocenters. The Morgan fingerprint density at radius 1 is 1.37 bits per heavy atom. The molecule has 0 spiro atoms. The molecule has 104 valence electrons. The molecule has 3 N–H and O–H groups in total. The fourth-order valence-corrected chi connectivity index (χ4v) is 2.49. The van der Waals surface area contributed by atoms with Crippen molar-refractivity contribution < 1.29 is 4.79 Å². The van der Waals surface area contributed by atoms with Crippen LogP contribution in [0.15, 0.2) is 24.3 Å². The van der Waals surface area contributed by atoms with Crippen LogP contribution in [0.25, 0.3) is 0 Å². The number of amides is 1. The van der Waals surface area contributed by atoms with Gasteiger partial charge in [0.1, 0.15) is 0 Å². The van der Waals surface area contributed by atoms with E-state index in [9.17, 15) is 4.79 Å². The minimum absolute atomic E-state index is 0.0759. The first-order valence-electron chi connectivity index (χ1n) is 6.69. The number of carbonyl (C=O) groups excluding carboxylic acids is 1. The lowest BCUT2D eigenvalue weighted by molar-refractivity contribution is -0.130. The van der Waals surface area contributed by atoms with Gasteiger partial charge in [0.25, 0.3) is 0 Å². The summed E-state index contributed by atoms with van der Waals surface area (Å²) < 4.78 is 0. The molecule has 1 unspecified atom stereocenters. The van der Waals surface area contributed by atoms with E-state index in [2.05, 4.69) is 5.32 Å². The highest BCUT2D eigenvalue weighted by atomic mass is 35.5. The van der Waals surface area contributed by atoms with Gasteiger partial charge < -0.3 is 16.0 Å². The Hall–Kier alpha value is -1.26. The second-order valence-corrected chi connectivity index (χ2v) is 5.26. The monoisotopic (exact) mass is 281 g/mol. The number of carbonyl (C=O) groups is 1. The average Bonchev–Trinajstić information content (AvgIpc) is 2.94. The largest absolute Gasteiger partial charge is 0.379 e. The van der Waals surface area contributed by atoms with Crippen LogP contribution in [-0.4, -0.2) is 36.5 Å². The number of nitrogens with zero attached hydrogens (tertiary/aromatic N) is 1. The molecule has 1 heterocycles. The number of nitrogens with one attached hydrogen (secondary N) is 1. The number of rotatable bonds is 5. The summed E-state index contributed by atoms with van der Waals surface area (Å²) in [6.45, 7) is 2.16. The van der Waals surface area contributed by atoms with Gasteiger partial charge in [-0.25, -0.2) is 0 Å². The predicted octanol–water partition coefficient (Wildman–Crippen LogP) is 2.09. The standard InChI is InChI=1S/C14H20ClN3O/c15-12-5-1-2-6-13(12)17-11(10-16)9-14(19)18-7-3-4-8-18/h1-2,5-6,11,17H,3-4,7-10,16H2. The van der Waals surface area contributed by atoms with E-state index in [1.807, 2.05) is 29.2 Å². The van der Waals surface area contributed by atoms with Crippen LogP contribution >= 0.6 is 11.6 Å². The predicted molar refractivity (Wildman–Crippen MR) is 78.3 cm³/mol. The molecular formula is C14H20ClN3O. The van der Waals surface area contributed by atoms with Crippen molar-refractivity contribution >= 4 is 23.2 Å². The molecule has 1 aliphatic rings. The SMILES string of the molecule is NCC(CC(=O)N1CCCC1)Nc1ccccc1Cl. The van der Waals surface area contributed by atoms with Crippen LogP contribution < -0.4 is 11.1 Å². The lowest BCUT2D eigenvalue weighted by Crippen LogP contribution is -2.37. The van der Waals surface area contributed by atoms with Crippen molar-refractivity contribution in [2.24, 2.45) is 5.73 Å². The Bertz CT molecular complexity index is 432. The van der Waals surface area contributed by atoms with Gasteiger partial charge in [-0.2, -0.15) is 0 Å². The molecule has 0 saturated carbocycles. The average molecular weight is 282 g/mol. The molecule has 1 amide bonds. The van der Waals surface area contributed by atoms with Crippen molar-refractivity contribution in [2.45, 2.75) is 25.3 Å². The maximum Gasteiger partial charge on any atom is 0.224 e. The van der Waals surface area contributed by atoms with Crippen molar-refractivity contribution in [3.05, 3.63) is 29.3 Å². The molecule has 5 heteroatoms. The van der Waals surface area contributed by atoms with Gasteiger partial charge in [0.15, 0.2) is 0 Å². The van der Waals surface area contributed by atoms with E-state index in [0.29, 0.717) is 18.0 Å². The molecule has 1 fully saturated rings. The number of halogens is 1. The highest BCUT2D eigenvalue weighted by molar-refractivity contribution is 6.33. The summed E-state index contributed by atoms with van der Waals surface area (Å²) in [6, 6.07) is 7.42. The molecule has 1 aliphatic heterocycles. The maximum atomic E-state index is 12.1. The van der Waals surface area contributed by atoms with Crippen LogP contribution in [0.3, 0.4) is 0 Å². The Morgan fingerprint density at radius 2 is 2.05 bits per heavy atom. The molecule has 2 rings (SSSR count). The van der Waals surface area contributed by atoms with Crippen LogP contribution in [0, 0.1) is 0 Å². The molecule has 0 bridgehead atoms. The number of para-hydroxylation sites is 1. The smallest absolute Gasteiger partial charge is 0.224 e. The van der Waals surface area contributed by atoms with Gasteiger partial charge in [-0.1, -0.05) is 23.7 Å². The molecule has 1 saturated heterocycles. The number of hydrogen-bond acceptors (Lipinski definition) is 3. The van der Waals surface area contributed by atoms with Gasteiger partial charge in [-0.3, -0.25) is 4.79 Å². The summed E-state index contributed by atoms with van der Waals surface area (Å²) in [5.41, 5.74) is 6.57. The highest BCUT2D eigenvalue weighted by Crippen LogP contribution is 2.22. The zero-order chi connectivity index (χ0) is 13.7. The van der Waals surface area contributed by atoms with Crippen LogP contribution in [0.5, 0.6) is 0 Å². The number of benzene rings is 1. The first kappa shape index (κ1) is 14.2. The fourth-order valence-electron chi connectivity index (χ4n) is 2.30. The van der Waals surface area contributed by atoms with E-state index in [1.165, 1.54) is 0 Å². The molecule has 0 radical (unpaired) electrons. The van der Waals surface area contributed by atoms with Gasteiger partial charge in [0.05, 0.1) is 10.7 Å². The third-order valence-corrected chi connectivity index (χ3v) is 3.73. The Labute approximate surface area is 118 Å². The molecule has 0 aromatic heterocycles. The molecule has 0 aliphatic carbocycles. The molecule has 4 nitrogen and oxygen atoms in total. The van der Waals surface area contributed by atoms with Crippen molar-refractivity contribution in [3.8, 4) is 0 Å². The lowest BCUT2D eigenvalue weighted by atomic mass is 10.1. The summed E-state index contributed by atoms with van der Waals surface area (Å²) >= 11 is 6.09. The minimum Gasteiger partial charge on any atom is -0.379 e. The topological polar surface area (TPSA) is 58.4 Å². The second-order valence-electron chi connectivity index (χ2n) is 4.85. The van der Waals surface area contributed by atoms with Gasteiger partial charge in [0.2, 0.25) is 5.91 Å². The maximum absolute atomic E-state index is 12.1. The van der Waals surface area contributed by atoms with Crippen LogP contribution in [0.4, 0.5) is 5.69 Å². The van der Waals surface area contributed by atoms with Crippen molar-refractivity contribution in [3.63, 3.8) is 0 Å². The summed E-state index contributed by atoms with van der Waals surface area (Å²) in [5, 5.41) is 3.89. The zero-order valence-electron chi connectivity index (χ0n) is 10.9. The second kappa shape index (κ2) is 6.78. The van der Waals surface area contributed by atoms with Gasteiger partial charge in [0, 0.05) is 32.1 Å². The fraction of sp³-hybridized carbons (Fsp3) is 0.500. The first-order chi connectivity index (χ1) is 9.20. The third kappa shape index (κ3) is 3.85. The molecule has 1 aromatic rings. The normalized spacial score (nSPS) is 16.4. The van der Waals surface area contributed by atoms with Gasteiger partial charge in [-0.15, -0.1) is 0 Å². The number of likely N-dealkylation sites (tertiary alicyclic amines) is 1. The van der Waals surface area contributed by atoms with Crippen LogP contribution in [-0.2, 0) is 4.79 Å². The number of anilines is 1. The summed E-state index contributed by atoms with van der Waals surface area (Å²) in [7, 11) is 0. The Balaban J connectivity index is 1.93. The lowest BCUT2D eigenvalue weighted by Gasteiger charge is -2.22. The summed E-state index contributed by atoms with van der Waals surface area (Å²) in [6.07, 6.45) is 2.63. The zero-order valence-corrected chi connectivity index (χ0v) is 11.7. The minimum atomic E-state index is -0.0759. The third-order valence-electron chi connectivity index (χ3n) is 3.40. The van der Waals surface area contributed by atoms with E-state index >= 15 is 0 Å². The quantitative estimate of drug-likeness (QED) is 0.869. The first-order valence-corrected chi connectivity index (χ1v) is 7.07. The van der Waals surface area contributed by atoms with E-state index in [0.717, 1.165) is 31.6 Å². The molecule has 19 heavy (non-hydrogen) atoms. The van der Waals surface area contributed by atoms with E-state index in [-0.39, 0.29) is 11.9 Å². The Morgan fingerprint density at radius 3 is 2.68 bits per heavy atom. The van der Waals surface area contributed by atoms with Crippen molar-refractivity contribution in [1.82, 2.24) is 4.90 Å². The van der Waals surface area contributed by atoms with Crippen molar-refractivity contribution in [2.75, 3.05) is 25.0 Å². The van der Waals surface area contributed by atoms with Crippen LogP contribution in [0.2, 0.25) is 5.02 Å². The summed E-state index contributed by atoms with van der Waals surface area (Å²) in [4.78, 5) is 14.0. The molecule has 1 aromatic carbocycles. The van der Waals surface area contributed by atoms with E-state index < -0.39 is 0 Å². The van der Waals surface area contributed by atoms with Gasteiger partial charge >= 0.3 is 0 Å². The highest BCUT2D eigenvalue weighted by Gasteiger charge is 2.21. The van der Waals surface area contributed by atoms with E-state index in [4.69, 9.17) is 17.3 Å². The molecular weight excluding hydrogens is 262 g/mol. The van der Waals surface area contributed by atoms with Gasteiger partial charge in [-0.05, 0) is 25.0 Å². The van der Waals surface area contributed by atoms with Crippen LogP contribution in [0.1, 0.15) is 19.3 Å². The van der Waals surface area contributed by atoms with Crippen molar-refractivity contribution in [1.29, 1.82) is 0 Å². The number of hydrogen-bond donors (Lipinski definition) is 2. The Kier molecular flexibility index (Phi) is 5.05. The van der Waals surface area contributed by atoms with E-state index in [1.54, 1.807) is 0 Å². The summed E-state index contributed by atoms with van der Waals surface area (Å²) in [5.74, 6) is 0.174. The number of nitrogens with two attached hydrogens (primary N) is 1.